The van der Waals surface area contributed by atoms with E-state index in [1.165, 1.54) is 24.3 Å². The molecule has 1 aromatic rings. The molecule has 7 nitrogen and oxygen atoms in total. The summed E-state index contributed by atoms with van der Waals surface area (Å²) in [6.45, 7) is 5.29. The van der Waals surface area contributed by atoms with Gasteiger partial charge in [0.2, 0.25) is 11.8 Å². The Balaban J connectivity index is 1.90. The molecule has 1 unspecified atom stereocenters. The summed E-state index contributed by atoms with van der Waals surface area (Å²) in [5.41, 5.74) is 5.50. The fraction of sp³-hybridized carbons (Fsp3) is 0.526. The lowest BCUT2D eigenvalue weighted by molar-refractivity contribution is -0.125. The average molecular weight is 378 g/mol. The summed E-state index contributed by atoms with van der Waals surface area (Å²) in [6, 6.07) is 4.48. The Kier molecular flexibility index (Phi) is 7.29. The lowest BCUT2D eigenvalue weighted by Gasteiger charge is -2.33. The summed E-state index contributed by atoms with van der Waals surface area (Å²) in [7, 11) is 0. The van der Waals surface area contributed by atoms with Crippen molar-refractivity contribution in [1.82, 2.24) is 15.5 Å². The van der Waals surface area contributed by atoms with Crippen LogP contribution in [0.5, 0.6) is 0 Å². The molecule has 27 heavy (non-hydrogen) atoms. The molecular weight excluding hydrogens is 351 g/mol. The highest BCUT2D eigenvalue weighted by atomic mass is 19.1. The fourth-order valence-corrected chi connectivity index (χ4v) is 3.11. The van der Waals surface area contributed by atoms with E-state index in [1.54, 1.807) is 0 Å². The first-order valence-electron chi connectivity index (χ1n) is 9.13. The number of carbonyl (C=O) groups excluding carboxylic acids is 3. The van der Waals surface area contributed by atoms with E-state index in [9.17, 15) is 18.8 Å². The summed E-state index contributed by atoms with van der Waals surface area (Å²) in [6.07, 6.45) is 1.44. The van der Waals surface area contributed by atoms with Crippen molar-refractivity contribution >= 4 is 17.7 Å². The smallest absolute Gasteiger partial charge is 0.251 e. The van der Waals surface area contributed by atoms with Gasteiger partial charge in [0.15, 0.2) is 0 Å². The lowest BCUT2D eigenvalue weighted by Crippen LogP contribution is -2.54. The van der Waals surface area contributed by atoms with Crippen LogP contribution >= 0.6 is 0 Å². The van der Waals surface area contributed by atoms with Gasteiger partial charge >= 0.3 is 0 Å². The molecule has 1 atom stereocenters. The maximum absolute atomic E-state index is 13.0. The Bertz CT molecular complexity index is 670. The molecule has 1 aliphatic heterocycles. The number of hydrogen-bond acceptors (Lipinski definition) is 4. The van der Waals surface area contributed by atoms with Crippen LogP contribution in [0.1, 0.15) is 37.0 Å². The maximum atomic E-state index is 13.0. The average Bonchev–Trinajstić information content (AvgIpc) is 2.61. The molecule has 1 aromatic carbocycles. The van der Waals surface area contributed by atoms with E-state index < -0.39 is 17.8 Å². The van der Waals surface area contributed by atoms with Crippen LogP contribution in [-0.4, -0.2) is 54.3 Å². The van der Waals surface area contributed by atoms with Gasteiger partial charge in [-0.05, 0) is 43.0 Å². The minimum Gasteiger partial charge on any atom is -0.369 e. The first kappa shape index (κ1) is 20.8. The molecule has 3 amide bonds. The Labute approximate surface area is 158 Å². The molecule has 1 saturated heterocycles. The van der Waals surface area contributed by atoms with Crippen molar-refractivity contribution < 1.29 is 18.8 Å². The number of benzene rings is 1. The largest absolute Gasteiger partial charge is 0.369 e. The third-order valence-corrected chi connectivity index (χ3v) is 4.66. The van der Waals surface area contributed by atoms with E-state index in [4.69, 9.17) is 5.73 Å². The Morgan fingerprint density at radius 3 is 2.30 bits per heavy atom. The van der Waals surface area contributed by atoms with Crippen LogP contribution in [0.4, 0.5) is 4.39 Å². The van der Waals surface area contributed by atoms with Crippen molar-refractivity contribution in [1.29, 1.82) is 0 Å². The summed E-state index contributed by atoms with van der Waals surface area (Å²) in [5.74, 6) is -1.55. The molecule has 8 heteroatoms. The Morgan fingerprint density at radius 2 is 1.78 bits per heavy atom. The topological polar surface area (TPSA) is 105 Å². The summed E-state index contributed by atoms with van der Waals surface area (Å²) in [4.78, 5) is 37.9. The highest BCUT2D eigenvalue weighted by Gasteiger charge is 2.28. The van der Waals surface area contributed by atoms with E-state index >= 15 is 0 Å². The lowest BCUT2D eigenvalue weighted by atomic mass is 10.00. The van der Waals surface area contributed by atoms with Gasteiger partial charge in [-0.2, -0.15) is 0 Å². The van der Waals surface area contributed by atoms with Gasteiger partial charge in [0.25, 0.3) is 5.91 Å². The van der Waals surface area contributed by atoms with Gasteiger partial charge in [-0.3, -0.25) is 19.3 Å². The number of nitrogens with one attached hydrogen (secondary N) is 2. The van der Waals surface area contributed by atoms with Gasteiger partial charge in [-0.1, -0.05) is 13.8 Å². The van der Waals surface area contributed by atoms with Crippen LogP contribution in [0.2, 0.25) is 0 Å². The van der Waals surface area contributed by atoms with Crippen molar-refractivity contribution in [3.05, 3.63) is 35.6 Å². The number of halogens is 1. The van der Waals surface area contributed by atoms with E-state index in [2.05, 4.69) is 10.6 Å². The zero-order chi connectivity index (χ0) is 20.0. The first-order chi connectivity index (χ1) is 12.8. The minimum atomic E-state index is -0.689. The minimum absolute atomic E-state index is 0.00870. The number of primary amides is 1. The van der Waals surface area contributed by atoms with Gasteiger partial charge in [0, 0.05) is 24.7 Å². The van der Waals surface area contributed by atoms with Gasteiger partial charge in [-0.25, -0.2) is 4.39 Å². The van der Waals surface area contributed by atoms with Crippen LogP contribution in [0.15, 0.2) is 24.3 Å². The number of amides is 3. The number of nitrogens with two attached hydrogens (primary N) is 1. The zero-order valence-electron chi connectivity index (χ0n) is 15.7. The van der Waals surface area contributed by atoms with Crippen LogP contribution in [0.25, 0.3) is 0 Å². The molecule has 0 aliphatic carbocycles. The highest BCUT2D eigenvalue weighted by molar-refractivity contribution is 5.97. The second-order valence-electron chi connectivity index (χ2n) is 7.23. The molecule has 4 N–H and O–H groups in total. The first-order valence-corrected chi connectivity index (χ1v) is 9.13. The Hall–Kier alpha value is -2.48. The third kappa shape index (κ3) is 6.32. The monoisotopic (exact) mass is 378 g/mol. The van der Waals surface area contributed by atoms with Crippen LogP contribution in [-0.2, 0) is 9.59 Å². The number of likely N-dealkylation sites (tertiary alicyclic amines) is 1. The van der Waals surface area contributed by atoms with Crippen molar-refractivity contribution in [2.24, 2.45) is 11.7 Å². The molecular formula is C19H27FN4O3. The molecule has 1 heterocycles. The summed E-state index contributed by atoms with van der Waals surface area (Å²) < 4.78 is 13.0. The molecule has 0 saturated carbocycles. The molecule has 148 valence electrons. The van der Waals surface area contributed by atoms with Crippen molar-refractivity contribution in [2.75, 3.05) is 19.6 Å². The van der Waals surface area contributed by atoms with E-state index in [0.29, 0.717) is 18.7 Å². The molecule has 0 spiro atoms. The molecule has 0 radical (unpaired) electrons. The van der Waals surface area contributed by atoms with E-state index in [0.717, 1.165) is 12.8 Å². The van der Waals surface area contributed by atoms with Gasteiger partial charge in [0.05, 0.1) is 6.54 Å². The predicted octanol–water partition coefficient (Wildman–Crippen LogP) is 0.646. The number of hydrogen-bond donors (Lipinski definition) is 3. The SMILES string of the molecule is CC(C)C(NC(=O)c1ccc(F)cc1)C(=O)NC1CCN(CC(N)=O)CC1. The fourth-order valence-electron chi connectivity index (χ4n) is 3.11. The molecule has 2 rings (SSSR count). The predicted molar refractivity (Wildman–Crippen MR) is 99.3 cm³/mol. The normalized spacial score (nSPS) is 16.7. The quantitative estimate of drug-likeness (QED) is 0.648. The summed E-state index contributed by atoms with van der Waals surface area (Å²) in [5, 5.41) is 5.72. The molecule has 1 aliphatic rings. The molecule has 0 aromatic heterocycles. The standard InChI is InChI=1S/C19H27FN4O3/c1-12(2)17(23-18(26)13-3-5-14(20)6-4-13)19(27)22-15-7-9-24(10-8-15)11-16(21)25/h3-6,12,15,17H,7-11H2,1-2H3,(H2,21,25)(H,22,27)(H,23,26). The Morgan fingerprint density at radius 1 is 1.19 bits per heavy atom. The van der Waals surface area contributed by atoms with E-state index in [1.807, 2.05) is 18.7 Å². The van der Waals surface area contributed by atoms with Gasteiger partial charge in [-0.15, -0.1) is 0 Å². The van der Waals surface area contributed by atoms with Crippen LogP contribution < -0.4 is 16.4 Å². The van der Waals surface area contributed by atoms with E-state index in [-0.39, 0.29) is 30.3 Å². The number of piperidine rings is 1. The second-order valence-corrected chi connectivity index (χ2v) is 7.23. The summed E-state index contributed by atoms with van der Waals surface area (Å²) >= 11 is 0. The maximum Gasteiger partial charge on any atom is 0.251 e. The molecule has 1 fully saturated rings. The third-order valence-electron chi connectivity index (χ3n) is 4.66. The van der Waals surface area contributed by atoms with Crippen molar-refractivity contribution in [3.8, 4) is 0 Å². The zero-order valence-corrected chi connectivity index (χ0v) is 15.7. The van der Waals surface area contributed by atoms with Crippen molar-refractivity contribution in [2.45, 2.75) is 38.8 Å². The van der Waals surface area contributed by atoms with Gasteiger partial charge < -0.3 is 16.4 Å². The van der Waals surface area contributed by atoms with Crippen molar-refractivity contribution in [3.63, 3.8) is 0 Å². The number of nitrogens with zero attached hydrogens (tertiary/aromatic N) is 1. The van der Waals surface area contributed by atoms with Crippen LogP contribution in [0, 0.1) is 11.7 Å². The number of carbonyl (C=O) groups is 3. The second kappa shape index (κ2) is 9.45. The molecule has 0 bridgehead atoms. The highest BCUT2D eigenvalue weighted by Crippen LogP contribution is 2.12. The van der Waals surface area contributed by atoms with Gasteiger partial charge in [0.1, 0.15) is 11.9 Å². The van der Waals surface area contributed by atoms with Crippen LogP contribution in [0.3, 0.4) is 0 Å². The number of rotatable bonds is 7.